The first kappa shape index (κ1) is 16.4. The van der Waals surface area contributed by atoms with E-state index in [-0.39, 0.29) is 23.0 Å². The highest BCUT2D eigenvalue weighted by Gasteiger charge is 2.43. The number of aliphatic hydroxyl groups is 1. The van der Waals surface area contributed by atoms with E-state index in [4.69, 9.17) is 22.4 Å². The Bertz CT molecular complexity index is 386. The first-order chi connectivity index (χ1) is 7.23. The van der Waals surface area contributed by atoms with Gasteiger partial charge in [0, 0.05) is 5.02 Å². The lowest BCUT2D eigenvalue weighted by molar-refractivity contribution is -0.210. The Morgan fingerprint density at radius 3 is 2.24 bits per heavy atom. The number of benzene rings is 1. The number of hydrogen-bond acceptors (Lipinski definition) is 2. The molecule has 1 aromatic rings. The third-order valence-electron chi connectivity index (χ3n) is 2.00. The monoisotopic (exact) mass is 293 g/mol. The molecule has 0 heterocycles. The van der Waals surface area contributed by atoms with Crippen molar-refractivity contribution >= 4 is 24.0 Å². The first-order valence-corrected chi connectivity index (χ1v) is 4.56. The maximum Gasteiger partial charge on any atom is 0.416 e. The van der Waals surface area contributed by atoms with E-state index in [0.717, 1.165) is 18.2 Å². The summed E-state index contributed by atoms with van der Waals surface area (Å²) in [7, 11) is 0. The third-order valence-corrected chi connectivity index (χ3v) is 2.32. The van der Waals surface area contributed by atoms with Crippen LogP contribution in [0.25, 0.3) is 0 Å². The van der Waals surface area contributed by atoms with E-state index in [1.165, 1.54) is 0 Å². The van der Waals surface area contributed by atoms with Gasteiger partial charge >= 0.3 is 6.18 Å². The molecule has 0 aromatic heterocycles. The van der Waals surface area contributed by atoms with Gasteiger partial charge in [-0.05, 0) is 17.7 Å². The van der Waals surface area contributed by atoms with E-state index >= 15 is 0 Å². The first-order valence-electron chi connectivity index (χ1n) is 4.19. The second kappa shape index (κ2) is 5.86. The summed E-state index contributed by atoms with van der Waals surface area (Å²) in [5.74, 6) is -0.692. The second-order valence-corrected chi connectivity index (χ2v) is 3.59. The van der Waals surface area contributed by atoms with Gasteiger partial charge in [-0.25, -0.2) is 4.39 Å². The fraction of sp³-hybridized carbons (Fsp3) is 0.333. The van der Waals surface area contributed by atoms with Gasteiger partial charge in [0.15, 0.2) is 6.10 Å². The third kappa shape index (κ3) is 3.99. The van der Waals surface area contributed by atoms with Crippen LogP contribution in [0.3, 0.4) is 0 Å². The van der Waals surface area contributed by atoms with Gasteiger partial charge in [0.25, 0.3) is 0 Å². The summed E-state index contributed by atoms with van der Waals surface area (Å²) in [4.78, 5) is 0. The van der Waals surface area contributed by atoms with E-state index < -0.39 is 24.1 Å². The van der Waals surface area contributed by atoms with Crippen LogP contribution in [0.4, 0.5) is 17.6 Å². The summed E-state index contributed by atoms with van der Waals surface area (Å²) in [6.07, 6.45) is -7.59. The molecule has 0 amide bonds. The van der Waals surface area contributed by atoms with Gasteiger partial charge in [-0.15, -0.1) is 12.4 Å². The van der Waals surface area contributed by atoms with Crippen LogP contribution in [0.1, 0.15) is 11.6 Å². The van der Waals surface area contributed by atoms with Crippen molar-refractivity contribution < 1.29 is 22.7 Å². The van der Waals surface area contributed by atoms with Crippen LogP contribution >= 0.6 is 24.0 Å². The SMILES string of the molecule is Cl.N[C@@H](c1ccc(F)cc1Cl)[C@H](O)C(F)(F)F. The fourth-order valence-corrected chi connectivity index (χ4v) is 1.44. The molecule has 2 atom stereocenters. The zero-order valence-electron chi connectivity index (χ0n) is 8.21. The highest BCUT2D eigenvalue weighted by molar-refractivity contribution is 6.31. The van der Waals surface area contributed by atoms with Gasteiger partial charge in [0.05, 0.1) is 6.04 Å². The predicted molar refractivity (Wildman–Crippen MR) is 57.6 cm³/mol. The predicted octanol–water partition coefficient (Wildman–Crippen LogP) is 2.82. The molecule has 0 saturated heterocycles. The lowest BCUT2D eigenvalue weighted by Gasteiger charge is -2.22. The lowest BCUT2D eigenvalue weighted by Crippen LogP contribution is -2.39. The zero-order chi connectivity index (χ0) is 12.5. The molecule has 1 aromatic carbocycles. The minimum atomic E-state index is -4.85. The molecule has 0 radical (unpaired) electrons. The van der Waals surface area contributed by atoms with Crippen molar-refractivity contribution in [2.45, 2.75) is 18.3 Å². The molecule has 0 aliphatic rings. The molecular formula is C9H9Cl2F4NO. The van der Waals surface area contributed by atoms with Crippen molar-refractivity contribution in [3.8, 4) is 0 Å². The summed E-state index contributed by atoms with van der Waals surface area (Å²) in [5.41, 5.74) is 5.04. The van der Waals surface area contributed by atoms with Crippen LogP contribution in [0.2, 0.25) is 5.02 Å². The Hall–Kier alpha value is -0.560. The zero-order valence-corrected chi connectivity index (χ0v) is 9.78. The molecular weight excluding hydrogens is 285 g/mol. The van der Waals surface area contributed by atoms with E-state index in [2.05, 4.69) is 0 Å². The van der Waals surface area contributed by atoms with Gasteiger partial charge in [0.2, 0.25) is 0 Å². The molecule has 0 spiro atoms. The van der Waals surface area contributed by atoms with Gasteiger partial charge in [-0.1, -0.05) is 17.7 Å². The minimum Gasteiger partial charge on any atom is -0.382 e. The molecule has 98 valence electrons. The molecule has 0 aliphatic carbocycles. The molecule has 2 nitrogen and oxygen atoms in total. The normalized spacial score (nSPS) is 15.0. The fourth-order valence-electron chi connectivity index (χ4n) is 1.15. The van der Waals surface area contributed by atoms with Crippen LogP contribution in [-0.2, 0) is 0 Å². The molecule has 0 bridgehead atoms. The van der Waals surface area contributed by atoms with Crippen molar-refractivity contribution in [2.24, 2.45) is 5.73 Å². The van der Waals surface area contributed by atoms with Gasteiger partial charge in [-0.3, -0.25) is 0 Å². The second-order valence-electron chi connectivity index (χ2n) is 3.18. The highest BCUT2D eigenvalue weighted by atomic mass is 35.5. The Balaban J connectivity index is 0.00000256. The Morgan fingerprint density at radius 1 is 1.29 bits per heavy atom. The average Bonchev–Trinajstić information content (AvgIpc) is 2.14. The summed E-state index contributed by atoms with van der Waals surface area (Å²) >= 11 is 5.52. The topological polar surface area (TPSA) is 46.2 Å². The van der Waals surface area contributed by atoms with Gasteiger partial charge in [-0.2, -0.15) is 13.2 Å². The minimum absolute atomic E-state index is 0. The van der Waals surface area contributed by atoms with Crippen molar-refractivity contribution in [3.63, 3.8) is 0 Å². The summed E-state index contributed by atoms with van der Waals surface area (Å²) in [6.45, 7) is 0. The Labute approximate surface area is 106 Å². The van der Waals surface area contributed by atoms with Crippen LogP contribution in [-0.4, -0.2) is 17.4 Å². The number of halogens is 6. The summed E-state index contributed by atoms with van der Waals surface area (Å²) in [5, 5.41) is 8.65. The Morgan fingerprint density at radius 2 is 1.82 bits per heavy atom. The molecule has 17 heavy (non-hydrogen) atoms. The van der Waals surface area contributed by atoms with Crippen molar-refractivity contribution in [2.75, 3.05) is 0 Å². The average molecular weight is 294 g/mol. The number of aliphatic hydroxyl groups excluding tert-OH is 1. The molecule has 1 rings (SSSR count). The van der Waals surface area contributed by atoms with Crippen LogP contribution in [0.15, 0.2) is 18.2 Å². The lowest BCUT2D eigenvalue weighted by atomic mass is 10.0. The maximum absolute atomic E-state index is 12.6. The van der Waals surface area contributed by atoms with E-state index in [9.17, 15) is 17.6 Å². The number of nitrogens with two attached hydrogens (primary N) is 1. The molecule has 0 unspecified atom stereocenters. The van der Waals surface area contributed by atoms with Crippen LogP contribution in [0, 0.1) is 5.82 Å². The van der Waals surface area contributed by atoms with Crippen molar-refractivity contribution in [1.29, 1.82) is 0 Å². The molecule has 0 fully saturated rings. The molecule has 0 aliphatic heterocycles. The number of alkyl halides is 3. The highest BCUT2D eigenvalue weighted by Crippen LogP contribution is 2.31. The summed E-state index contributed by atoms with van der Waals surface area (Å²) in [6, 6.07) is 1.02. The van der Waals surface area contributed by atoms with Crippen molar-refractivity contribution in [3.05, 3.63) is 34.6 Å². The molecule has 0 saturated carbocycles. The number of hydrogen-bond donors (Lipinski definition) is 2. The molecule has 3 N–H and O–H groups in total. The largest absolute Gasteiger partial charge is 0.416 e. The van der Waals surface area contributed by atoms with Gasteiger partial charge < -0.3 is 10.8 Å². The van der Waals surface area contributed by atoms with Gasteiger partial charge in [0.1, 0.15) is 5.82 Å². The number of rotatable bonds is 2. The summed E-state index contributed by atoms with van der Waals surface area (Å²) < 4.78 is 49.1. The van der Waals surface area contributed by atoms with E-state index in [1.54, 1.807) is 0 Å². The van der Waals surface area contributed by atoms with Crippen LogP contribution < -0.4 is 5.73 Å². The van der Waals surface area contributed by atoms with E-state index in [1.807, 2.05) is 0 Å². The molecule has 8 heteroatoms. The van der Waals surface area contributed by atoms with Crippen LogP contribution in [0.5, 0.6) is 0 Å². The smallest absolute Gasteiger partial charge is 0.382 e. The van der Waals surface area contributed by atoms with Crippen molar-refractivity contribution in [1.82, 2.24) is 0 Å². The quantitative estimate of drug-likeness (QED) is 0.824. The Kier molecular flexibility index (Phi) is 5.67. The maximum atomic E-state index is 12.6. The standard InChI is InChI=1S/C9H8ClF4NO.ClH/c10-6-3-4(11)1-2-5(6)7(15)8(16)9(12,13)14;/h1-3,7-8,16H,15H2;1H/t7-,8-;/m0./s1. The van der Waals surface area contributed by atoms with E-state index in [0.29, 0.717) is 0 Å².